The van der Waals surface area contributed by atoms with Gasteiger partial charge in [0.1, 0.15) is 23.9 Å². The van der Waals surface area contributed by atoms with Crippen LogP contribution in [0.5, 0.6) is 5.75 Å². The van der Waals surface area contributed by atoms with Gasteiger partial charge in [0.05, 0.1) is 18.7 Å². The third kappa shape index (κ3) is 5.99. The van der Waals surface area contributed by atoms with Gasteiger partial charge in [0.25, 0.3) is 0 Å². The minimum atomic E-state index is -0.933. The van der Waals surface area contributed by atoms with E-state index in [9.17, 15) is 9.59 Å². The van der Waals surface area contributed by atoms with Gasteiger partial charge in [-0.15, -0.1) is 5.10 Å². The van der Waals surface area contributed by atoms with Gasteiger partial charge in [-0.3, -0.25) is 14.5 Å². The molecule has 0 unspecified atom stereocenters. The van der Waals surface area contributed by atoms with Gasteiger partial charge >= 0.3 is 0 Å². The summed E-state index contributed by atoms with van der Waals surface area (Å²) < 4.78 is 12.8. The van der Waals surface area contributed by atoms with Crippen LogP contribution >= 0.6 is 0 Å². The van der Waals surface area contributed by atoms with Crippen molar-refractivity contribution in [2.24, 2.45) is 0 Å². The summed E-state index contributed by atoms with van der Waals surface area (Å²) in [5.74, 6) is 0.314. The molecule has 0 saturated carbocycles. The van der Waals surface area contributed by atoms with Gasteiger partial charge < -0.3 is 14.8 Å². The van der Waals surface area contributed by atoms with E-state index in [2.05, 4.69) is 29.5 Å². The van der Waals surface area contributed by atoms with Crippen LogP contribution in [0.1, 0.15) is 49.8 Å². The number of carbonyl (C=O) groups is 2. The van der Waals surface area contributed by atoms with E-state index in [1.165, 1.54) is 4.90 Å². The van der Waals surface area contributed by atoms with E-state index in [1.807, 2.05) is 60.7 Å². The Hall–Kier alpha value is -4.24. The molecule has 1 saturated heterocycles. The van der Waals surface area contributed by atoms with Crippen LogP contribution in [0.4, 0.5) is 5.69 Å². The second-order valence-corrected chi connectivity index (χ2v) is 10.3. The molecule has 9 nitrogen and oxygen atoms in total. The molecule has 5 rings (SSSR count). The number of hydrogen-bond acceptors (Lipinski definition) is 6. The molecule has 2 heterocycles. The zero-order valence-electron chi connectivity index (χ0n) is 23.1. The normalized spacial score (nSPS) is 15.8. The molecular weight excluding hydrogens is 506 g/mol. The lowest BCUT2D eigenvalue weighted by molar-refractivity contribution is -0.127. The number of anilines is 1. The Kier molecular flexibility index (Phi) is 8.40. The summed E-state index contributed by atoms with van der Waals surface area (Å²) in [6, 6.07) is 21.6. The fraction of sp³-hybridized carbons (Fsp3) is 0.355. The highest BCUT2D eigenvalue weighted by atomic mass is 16.5. The number of rotatable bonds is 10. The number of ether oxygens (including phenoxy) is 2. The number of nitrogens with zero attached hydrogens (tertiary/aromatic N) is 4. The lowest BCUT2D eigenvalue weighted by Crippen LogP contribution is -2.46. The fourth-order valence-corrected chi connectivity index (χ4v) is 5.03. The first-order valence-corrected chi connectivity index (χ1v) is 13.7. The smallest absolute Gasteiger partial charge is 0.249 e. The number of hydrogen-bond donors (Lipinski definition) is 1. The fourth-order valence-electron chi connectivity index (χ4n) is 5.03. The average molecular weight is 542 g/mol. The molecular formula is C31H35N5O4. The number of aromatic nitrogens is 3. The molecule has 1 N–H and O–H groups in total. The molecule has 4 aromatic rings. The van der Waals surface area contributed by atoms with Crippen molar-refractivity contribution in [2.75, 3.05) is 25.2 Å². The second kappa shape index (κ2) is 12.3. The van der Waals surface area contributed by atoms with Gasteiger partial charge in [0.15, 0.2) is 0 Å². The molecule has 208 valence electrons. The molecule has 0 radical (unpaired) electrons. The van der Waals surface area contributed by atoms with Gasteiger partial charge in [-0.05, 0) is 54.2 Å². The van der Waals surface area contributed by atoms with Gasteiger partial charge in [-0.2, -0.15) is 0 Å². The van der Waals surface area contributed by atoms with Crippen LogP contribution in [-0.4, -0.2) is 53.2 Å². The summed E-state index contributed by atoms with van der Waals surface area (Å²) in [6.07, 6.45) is 1.84. The van der Waals surface area contributed by atoms with E-state index in [1.54, 1.807) is 23.9 Å². The van der Waals surface area contributed by atoms with Crippen LogP contribution in [0.3, 0.4) is 0 Å². The number of para-hydroxylation sites is 1. The molecule has 1 fully saturated rings. The maximum Gasteiger partial charge on any atom is 0.249 e. The molecule has 40 heavy (non-hydrogen) atoms. The molecule has 1 aliphatic rings. The maximum absolute atomic E-state index is 14.2. The van der Waals surface area contributed by atoms with Crippen molar-refractivity contribution in [3.8, 4) is 5.75 Å². The summed E-state index contributed by atoms with van der Waals surface area (Å²) >= 11 is 0. The van der Waals surface area contributed by atoms with Gasteiger partial charge in [0, 0.05) is 24.9 Å². The van der Waals surface area contributed by atoms with Crippen molar-refractivity contribution >= 4 is 28.5 Å². The monoisotopic (exact) mass is 541 g/mol. The summed E-state index contributed by atoms with van der Waals surface area (Å²) in [6.45, 7) is 5.22. The van der Waals surface area contributed by atoms with Gasteiger partial charge in [-0.25, -0.2) is 4.68 Å². The Bertz CT molecular complexity index is 1460. The Morgan fingerprint density at radius 2 is 1.85 bits per heavy atom. The summed E-state index contributed by atoms with van der Waals surface area (Å²) in [4.78, 5) is 29.7. The molecule has 1 aromatic heterocycles. The van der Waals surface area contributed by atoms with Crippen LogP contribution in [0.15, 0.2) is 72.8 Å². The molecule has 3 aromatic carbocycles. The van der Waals surface area contributed by atoms with Crippen molar-refractivity contribution < 1.29 is 19.1 Å². The van der Waals surface area contributed by atoms with Crippen molar-refractivity contribution in [1.29, 1.82) is 0 Å². The molecule has 2 amide bonds. The Labute approximate surface area is 234 Å². The van der Waals surface area contributed by atoms with Crippen molar-refractivity contribution in [3.63, 3.8) is 0 Å². The summed E-state index contributed by atoms with van der Waals surface area (Å²) in [7, 11) is 1.57. The van der Waals surface area contributed by atoms with Crippen molar-refractivity contribution in [1.82, 2.24) is 20.3 Å². The maximum atomic E-state index is 14.2. The van der Waals surface area contributed by atoms with Crippen LogP contribution in [-0.2, 0) is 20.9 Å². The predicted molar refractivity (Wildman–Crippen MR) is 153 cm³/mol. The van der Waals surface area contributed by atoms with Crippen LogP contribution in [0, 0.1) is 0 Å². The SMILES string of the molecule is COc1cccc(N(C(=O)Cn2nnc3ccccc32)[C@H](C(=O)NC[C@H]2CCCO2)c2ccc(C(C)C)cc2)c1. The highest BCUT2D eigenvalue weighted by Crippen LogP contribution is 2.32. The van der Waals surface area contributed by atoms with E-state index in [4.69, 9.17) is 9.47 Å². The Morgan fingerprint density at radius 1 is 1.07 bits per heavy atom. The van der Waals surface area contributed by atoms with Crippen LogP contribution < -0.4 is 15.0 Å². The molecule has 0 spiro atoms. The minimum absolute atomic E-state index is 0.0320. The van der Waals surface area contributed by atoms with E-state index < -0.39 is 6.04 Å². The zero-order chi connectivity index (χ0) is 28.1. The van der Waals surface area contributed by atoms with E-state index in [0.717, 1.165) is 23.9 Å². The van der Waals surface area contributed by atoms with Crippen LogP contribution in [0.2, 0.25) is 0 Å². The molecule has 9 heteroatoms. The average Bonchev–Trinajstić information content (AvgIpc) is 3.65. The largest absolute Gasteiger partial charge is 0.497 e. The van der Waals surface area contributed by atoms with Gasteiger partial charge in [0.2, 0.25) is 11.8 Å². The topological polar surface area (TPSA) is 98.6 Å². The van der Waals surface area contributed by atoms with Gasteiger partial charge in [-0.1, -0.05) is 61.5 Å². The van der Waals surface area contributed by atoms with Crippen molar-refractivity contribution in [2.45, 2.75) is 51.3 Å². The second-order valence-electron chi connectivity index (χ2n) is 10.3. The highest BCUT2D eigenvalue weighted by Gasteiger charge is 2.34. The van der Waals surface area contributed by atoms with E-state index in [-0.39, 0.29) is 24.5 Å². The lowest BCUT2D eigenvalue weighted by Gasteiger charge is -2.32. The standard InChI is InChI=1S/C31H35N5O4/c1-21(2)22-13-15-23(16-14-22)30(31(38)32-19-26-10-7-17-40-26)36(24-8-6-9-25(18-24)39-3)29(37)20-35-28-12-5-4-11-27(28)33-34-35/h4-6,8-9,11-16,18,21,26,30H,7,10,17,19-20H2,1-3H3,(H,32,38)/t26-,30+/m1/s1. The number of amides is 2. The minimum Gasteiger partial charge on any atom is -0.497 e. The van der Waals surface area contributed by atoms with Crippen LogP contribution in [0.25, 0.3) is 11.0 Å². The number of nitrogens with one attached hydrogen (secondary N) is 1. The van der Waals surface area contributed by atoms with E-state index >= 15 is 0 Å². The number of fused-ring (bicyclic) bond motifs is 1. The van der Waals surface area contributed by atoms with Crippen molar-refractivity contribution in [3.05, 3.63) is 83.9 Å². The first kappa shape index (κ1) is 27.3. The molecule has 0 aliphatic carbocycles. The number of carbonyl (C=O) groups excluding carboxylic acids is 2. The lowest BCUT2D eigenvalue weighted by atomic mass is 9.97. The number of methoxy groups -OCH3 is 1. The summed E-state index contributed by atoms with van der Waals surface area (Å²) in [5.41, 5.74) is 3.82. The molecule has 1 aliphatic heterocycles. The Balaban J connectivity index is 1.56. The summed E-state index contributed by atoms with van der Waals surface area (Å²) in [5, 5.41) is 11.5. The first-order chi connectivity index (χ1) is 19.4. The zero-order valence-corrected chi connectivity index (χ0v) is 23.1. The predicted octanol–water partition coefficient (Wildman–Crippen LogP) is 4.63. The highest BCUT2D eigenvalue weighted by molar-refractivity contribution is 6.01. The third-order valence-electron chi connectivity index (χ3n) is 7.26. The quantitative estimate of drug-likeness (QED) is 0.314. The third-order valence-corrected chi connectivity index (χ3v) is 7.26. The Morgan fingerprint density at radius 3 is 2.58 bits per heavy atom. The molecule has 2 atom stereocenters. The number of benzene rings is 3. The first-order valence-electron chi connectivity index (χ1n) is 13.7. The molecule has 0 bridgehead atoms. The van der Waals surface area contributed by atoms with E-state index in [0.29, 0.717) is 41.6 Å².